The Morgan fingerprint density at radius 1 is 1.32 bits per heavy atom. The van der Waals surface area contributed by atoms with E-state index in [2.05, 4.69) is 16.1 Å². The molecule has 1 aromatic rings. The third-order valence-electron chi connectivity index (χ3n) is 4.49. The van der Waals surface area contributed by atoms with Gasteiger partial charge in [0, 0.05) is 46.1 Å². The summed E-state index contributed by atoms with van der Waals surface area (Å²) < 4.78 is 4.99. The van der Waals surface area contributed by atoms with Crippen molar-refractivity contribution < 1.29 is 14.3 Å². The van der Waals surface area contributed by atoms with E-state index in [9.17, 15) is 9.59 Å². The van der Waals surface area contributed by atoms with Crippen LogP contribution in [-0.2, 0) is 9.53 Å². The van der Waals surface area contributed by atoms with Crippen LogP contribution in [0.4, 0.5) is 10.5 Å². The maximum Gasteiger partial charge on any atom is 0.321 e. The van der Waals surface area contributed by atoms with Crippen molar-refractivity contribution in [1.82, 2.24) is 20.7 Å². The molecule has 1 saturated heterocycles. The van der Waals surface area contributed by atoms with Crippen LogP contribution >= 0.6 is 12.2 Å². The molecular formula is C19H29N5O3S. The number of carbonyl (C=O) groups excluding carboxylic acids is 2. The van der Waals surface area contributed by atoms with Gasteiger partial charge in [0.05, 0.1) is 5.92 Å². The molecule has 1 aliphatic heterocycles. The first kappa shape index (κ1) is 21.9. The van der Waals surface area contributed by atoms with E-state index in [0.29, 0.717) is 31.4 Å². The van der Waals surface area contributed by atoms with Crippen LogP contribution in [0, 0.1) is 5.92 Å². The van der Waals surface area contributed by atoms with Crippen LogP contribution in [-0.4, -0.2) is 67.4 Å². The molecule has 1 heterocycles. The average Bonchev–Trinajstić information content (AvgIpc) is 2.71. The summed E-state index contributed by atoms with van der Waals surface area (Å²) in [6.07, 6.45) is 2.35. The minimum Gasteiger partial charge on any atom is -0.385 e. The summed E-state index contributed by atoms with van der Waals surface area (Å²) in [5.74, 6) is -0.408. The first-order valence-electron chi connectivity index (χ1n) is 9.43. The molecule has 1 atom stereocenters. The highest BCUT2D eigenvalue weighted by molar-refractivity contribution is 7.80. The van der Waals surface area contributed by atoms with Crippen LogP contribution in [0.15, 0.2) is 30.3 Å². The number of rotatable bonds is 6. The third-order valence-corrected chi connectivity index (χ3v) is 4.91. The molecule has 0 aromatic heterocycles. The molecule has 0 radical (unpaired) electrons. The Balaban J connectivity index is 1.79. The van der Waals surface area contributed by atoms with Crippen molar-refractivity contribution in [3.8, 4) is 0 Å². The summed E-state index contributed by atoms with van der Waals surface area (Å²) in [5, 5.41) is 7.89. The number of hydrogen-bond acceptors (Lipinski definition) is 4. The van der Waals surface area contributed by atoms with Crippen molar-refractivity contribution in [2.45, 2.75) is 19.3 Å². The number of amides is 3. The minimum absolute atomic E-state index is 0.138. The maximum absolute atomic E-state index is 12.6. The lowest BCUT2D eigenvalue weighted by Crippen LogP contribution is -2.53. The van der Waals surface area contributed by atoms with Gasteiger partial charge in [-0.2, -0.15) is 0 Å². The summed E-state index contributed by atoms with van der Waals surface area (Å²) in [6.45, 7) is 2.34. The Kier molecular flexibility index (Phi) is 8.96. The van der Waals surface area contributed by atoms with Crippen LogP contribution in [0.3, 0.4) is 0 Å². The van der Waals surface area contributed by atoms with E-state index in [1.807, 2.05) is 30.3 Å². The molecule has 3 amide bonds. The highest BCUT2D eigenvalue weighted by Gasteiger charge is 2.29. The van der Waals surface area contributed by atoms with E-state index >= 15 is 0 Å². The van der Waals surface area contributed by atoms with E-state index in [0.717, 1.165) is 24.9 Å². The van der Waals surface area contributed by atoms with Crippen LogP contribution in [0.5, 0.6) is 0 Å². The fraction of sp³-hybridized carbons (Fsp3) is 0.526. The fourth-order valence-corrected chi connectivity index (χ4v) is 3.09. The number of para-hydroxylation sites is 1. The Hall–Kier alpha value is -2.39. The highest BCUT2D eigenvalue weighted by Crippen LogP contribution is 2.18. The largest absolute Gasteiger partial charge is 0.385 e. The van der Waals surface area contributed by atoms with Gasteiger partial charge in [-0.05, 0) is 43.6 Å². The Bertz CT molecular complexity index is 658. The normalized spacial score (nSPS) is 16.2. The summed E-state index contributed by atoms with van der Waals surface area (Å²) in [4.78, 5) is 26.7. The Labute approximate surface area is 171 Å². The number of thiocarbonyl (C=S) groups is 1. The molecule has 9 heteroatoms. The number of nitrogens with zero attached hydrogens (tertiary/aromatic N) is 2. The van der Waals surface area contributed by atoms with Crippen LogP contribution in [0.2, 0.25) is 0 Å². The zero-order valence-corrected chi connectivity index (χ0v) is 17.3. The van der Waals surface area contributed by atoms with Crippen LogP contribution in [0.1, 0.15) is 19.3 Å². The predicted octanol–water partition coefficient (Wildman–Crippen LogP) is 1.80. The summed E-state index contributed by atoms with van der Waals surface area (Å²) in [5.41, 5.74) is 3.54. The van der Waals surface area contributed by atoms with Gasteiger partial charge in [-0.1, -0.05) is 18.2 Å². The van der Waals surface area contributed by atoms with Gasteiger partial charge in [-0.15, -0.1) is 0 Å². The second-order valence-corrected chi connectivity index (χ2v) is 7.08. The van der Waals surface area contributed by atoms with Crippen molar-refractivity contribution >= 4 is 35.0 Å². The molecular weight excluding hydrogens is 378 g/mol. The Morgan fingerprint density at radius 3 is 2.79 bits per heavy atom. The van der Waals surface area contributed by atoms with E-state index < -0.39 is 0 Å². The molecule has 1 aromatic carbocycles. The third kappa shape index (κ3) is 6.97. The topological polar surface area (TPSA) is 85.9 Å². The predicted molar refractivity (Wildman–Crippen MR) is 113 cm³/mol. The number of benzene rings is 1. The number of likely N-dealkylation sites (tertiary alicyclic amines) is 1. The van der Waals surface area contributed by atoms with Crippen LogP contribution in [0.25, 0.3) is 0 Å². The van der Waals surface area contributed by atoms with Gasteiger partial charge in [0.15, 0.2) is 5.11 Å². The second-order valence-electron chi connectivity index (χ2n) is 6.69. The van der Waals surface area contributed by atoms with Crippen molar-refractivity contribution in [2.24, 2.45) is 5.92 Å². The van der Waals surface area contributed by atoms with E-state index in [1.165, 1.54) is 5.01 Å². The first-order valence-corrected chi connectivity index (χ1v) is 9.84. The molecule has 0 unspecified atom stereocenters. The van der Waals surface area contributed by atoms with E-state index in [-0.39, 0.29) is 17.9 Å². The van der Waals surface area contributed by atoms with Gasteiger partial charge in [-0.3, -0.25) is 15.2 Å². The van der Waals surface area contributed by atoms with Crippen LogP contribution < -0.4 is 16.1 Å². The average molecular weight is 408 g/mol. The van der Waals surface area contributed by atoms with E-state index in [4.69, 9.17) is 17.0 Å². The lowest BCUT2D eigenvalue weighted by atomic mass is 9.97. The molecule has 28 heavy (non-hydrogen) atoms. The standard InChI is InChI=1S/C19H29N5O3S/c1-23(19(28)20-11-7-13-27-2)22-17(25)15-8-6-12-24(14-15)18(26)21-16-9-4-3-5-10-16/h3-5,9-10,15H,6-8,11-14H2,1-2H3,(H,20,28)(H,21,26)(H,22,25)/t15-/m1/s1. The summed E-state index contributed by atoms with van der Waals surface area (Å²) in [7, 11) is 3.35. The van der Waals surface area contributed by atoms with Crippen molar-refractivity contribution in [3.63, 3.8) is 0 Å². The highest BCUT2D eigenvalue weighted by atomic mass is 32.1. The molecule has 0 aliphatic carbocycles. The lowest BCUT2D eigenvalue weighted by molar-refractivity contribution is -0.129. The molecule has 2 rings (SSSR count). The first-order chi connectivity index (χ1) is 13.5. The number of anilines is 1. The number of urea groups is 1. The smallest absolute Gasteiger partial charge is 0.321 e. The quantitative estimate of drug-likeness (QED) is 0.379. The number of piperidine rings is 1. The SMILES string of the molecule is COCCCNC(=S)N(C)NC(=O)[C@@H]1CCCN(C(=O)Nc2ccccc2)C1. The van der Waals surface area contributed by atoms with Crippen molar-refractivity contribution in [1.29, 1.82) is 0 Å². The summed E-state index contributed by atoms with van der Waals surface area (Å²) >= 11 is 5.27. The van der Waals surface area contributed by atoms with Crippen molar-refractivity contribution in [3.05, 3.63) is 30.3 Å². The monoisotopic (exact) mass is 407 g/mol. The number of nitrogens with one attached hydrogen (secondary N) is 3. The molecule has 0 bridgehead atoms. The van der Waals surface area contributed by atoms with E-state index in [1.54, 1.807) is 19.1 Å². The lowest BCUT2D eigenvalue weighted by Gasteiger charge is -2.33. The molecule has 1 aliphatic rings. The number of ether oxygens (including phenoxy) is 1. The number of hydrazine groups is 1. The zero-order valence-electron chi connectivity index (χ0n) is 16.4. The molecule has 0 saturated carbocycles. The maximum atomic E-state index is 12.6. The second kappa shape index (κ2) is 11.5. The number of methoxy groups -OCH3 is 1. The summed E-state index contributed by atoms with van der Waals surface area (Å²) in [6, 6.07) is 9.11. The molecule has 0 spiro atoms. The van der Waals surface area contributed by atoms with Gasteiger partial charge in [0.1, 0.15) is 0 Å². The number of hydrogen-bond donors (Lipinski definition) is 3. The van der Waals surface area contributed by atoms with Gasteiger partial charge in [0.2, 0.25) is 5.91 Å². The molecule has 1 fully saturated rings. The molecule has 8 nitrogen and oxygen atoms in total. The Morgan fingerprint density at radius 2 is 2.07 bits per heavy atom. The van der Waals surface area contributed by atoms with Crippen molar-refractivity contribution in [2.75, 3.05) is 45.7 Å². The zero-order chi connectivity index (χ0) is 20.4. The van der Waals surface area contributed by atoms with Gasteiger partial charge in [0.25, 0.3) is 0 Å². The fourth-order valence-electron chi connectivity index (χ4n) is 2.94. The van der Waals surface area contributed by atoms with Gasteiger partial charge < -0.3 is 20.3 Å². The van der Waals surface area contributed by atoms with Gasteiger partial charge >= 0.3 is 6.03 Å². The van der Waals surface area contributed by atoms with Gasteiger partial charge in [-0.25, -0.2) is 4.79 Å². The molecule has 3 N–H and O–H groups in total. The molecule has 154 valence electrons. The minimum atomic E-state index is -0.269. The number of carbonyl (C=O) groups is 2.